The summed E-state index contributed by atoms with van der Waals surface area (Å²) in [5.41, 5.74) is 3.74. The molecule has 0 radical (unpaired) electrons. The van der Waals surface area contributed by atoms with Crippen molar-refractivity contribution >= 4 is 17.4 Å². The van der Waals surface area contributed by atoms with Crippen LogP contribution in [0.3, 0.4) is 0 Å². The first-order valence-electron chi connectivity index (χ1n) is 6.88. The molecule has 2 aromatic carbocycles. The highest BCUT2D eigenvalue weighted by molar-refractivity contribution is 6.26. The van der Waals surface area contributed by atoms with Crippen LogP contribution in [0.4, 0.5) is 0 Å². The first-order valence-corrected chi connectivity index (χ1v) is 6.88. The van der Waals surface area contributed by atoms with Crippen LogP contribution in [0, 0.1) is 0 Å². The number of phenolic OH excluding ortho intramolecular Hbond substituents is 1. The van der Waals surface area contributed by atoms with Gasteiger partial charge in [-0.2, -0.15) is 0 Å². The van der Waals surface area contributed by atoms with Gasteiger partial charge >= 0.3 is 0 Å². The number of carbonyl (C=O) groups excluding carboxylic acids is 1. The van der Waals surface area contributed by atoms with Crippen LogP contribution in [0.2, 0.25) is 0 Å². The number of methoxy groups -OCH3 is 1. The van der Waals surface area contributed by atoms with Gasteiger partial charge in [0, 0.05) is 12.0 Å². The van der Waals surface area contributed by atoms with Crippen LogP contribution in [0.15, 0.2) is 42.5 Å². The van der Waals surface area contributed by atoms with Gasteiger partial charge in [-0.15, -0.1) is 0 Å². The second kappa shape index (κ2) is 5.44. The number of rotatable bonds is 2. The summed E-state index contributed by atoms with van der Waals surface area (Å²) in [6, 6.07) is 12.6. The number of aromatic hydroxyl groups is 1. The summed E-state index contributed by atoms with van der Waals surface area (Å²) in [7, 11) is 1.64. The monoisotopic (exact) mass is 280 g/mol. The first-order chi connectivity index (χ1) is 10.2. The quantitative estimate of drug-likeness (QED) is 0.857. The van der Waals surface area contributed by atoms with Crippen LogP contribution in [0.1, 0.15) is 23.1 Å². The molecule has 0 heterocycles. The molecule has 0 saturated carbocycles. The molecule has 1 N–H and O–H groups in total. The van der Waals surface area contributed by atoms with E-state index in [2.05, 4.69) is 0 Å². The molecule has 1 aliphatic carbocycles. The maximum Gasteiger partial charge on any atom is 0.163 e. The smallest absolute Gasteiger partial charge is 0.163 e. The predicted octanol–water partition coefficient (Wildman–Crippen LogP) is 3.46. The number of hydrogen-bond donors (Lipinski definition) is 1. The summed E-state index contributed by atoms with van der Waals surface area (Å²) in [4.78, 5) is 12.2. The Kier molecular flexibility index (Phi) is 3.48. The fraction of sp³-hybridized carbons (Fsp3) is 0.167. The van der Waals surface area contributed by atoms with Crippen molar-refractivity contribution < 1.29 is 14.6 Å². The van der Waals surface area contributed by atoms with Crippen LogP contribution in [0.25, 0.3) is 11.6 Å². The lowest BCUT2D eigenvalue weighted by Crippen LogP contribution is -2.12. The molecular weight excluding hydrogens is 264 g/mol. The number of fused-ring (bicyclic) bond motifs is 1. The molecule has 0 amide bonds. The average molecular weight is 280 g/mol. The van der Waals surface area contributed by atoms with Crippen molar-refractivity contribution in [2.75, 3.05) is 7.11 Å². The number of allylic oxidation sites excluding steroid dienone is 1. The van der Waals surface area contributed by atoms with E-state index in [9.17, 15) is 9.90 Å². The summed E-state index contributed by atoms with van der Waals surface area (Å²) >= 11 is 0. The van der Waals surface area contributed by atoms with Gasteiger partial charge in [0.05, 0.1) is 7.11 Å². The molecule has 0 unspecified atom stereocenters. The molecule has 3 rings (SSSR count). The Balaban J connectivity index is 2.06. The standard InChI is InChI=1S/C18H16O3/c1-21-15-7-8-16-13(11-15)4-9-18(20)17(16)10-12-2-5-14(19)6-3-12/h2-3,5-8,10-11,19H,4,9H2,1H3/b17-10+. The minimum Gasteiger partial charge on any atom is -0.508 e. The Morgan fingerprint density at radius 3 is 2.57 bits per heavy atom. The van der Waals surface area contributed by atoms with Gasteiger partial charge in [-0.25, -0.2) is 0 Å². The number of hydrogen-bond acceptors (Lipinski definition) is 3. The van der Waals surface area contributed by atoms with E-state index < -0.39 is 0 Å². The zero-order chi connectivity index (χ0) is 14.8. The third-order valence-corrected chi connectivity index (χ3v) is 3.73. The predicted molar refractivity (Wildman–Crippen MR) is 82.3 cm³/mol. The Bertz CT molecular complexity index is 712. The fourth-order valence-corrected chi connectivity index (χ4v) is 2.60. The van der Waals surface area contributed by atoms with E-state index in [4.69, 9.17) is 4.74 Å². The lowest BCUT2D eigenvalue weighted by Gasteiger charge is -2.19. The van der Waals surface area contributed by atoms with Gasteiger partial charge in [-0.05, 0) is 53.5 Å². The Hall–Kier alpha value is -2.55. The van der Waals surface area contributed by atoms with Gasteiger partial charge in [-0.1, -0.05) is 18.2 Å². The van der Waals surface area contributed by atoms with Crippen LogP contribution in [-0.2, 0) is 11.2 Å². The van der Waals surface area contributed by atoms with Gasteiger partial charge in [0.15, 0.2) is 5.78 Å². The van der Waals surface area contributed by atoms with E-state index in [0.29, 0.717) is 6.42 Å². The molecule has 0 aromatic heterocycles. The summed E-state index contributed by atoms with van der Waals surface area (Å²) in [5, 5.41) is 9.33. The van der Waals surface area contributed by atoms with E-state index in [-0.39, 0.29) is 11.5 Å². The van der Waals surface area contributed by atoms with Crippen molar-refractivity contribution in [3.05, 3.63) is 59.2 Å². The van der Waals surface area contributed by atoms with Gasteiger partial charge < -0.3 is 9.84 Å². The molecule has 3 nitrogen and oxygen atoms in total. The SMILES string of the molecule is COc1ccc2c(c1)CCC(=O)/C2=C/c1ccc(O)cc1. The number of ketones is 1. The van der Waals surface area contributed by atoms with Gasteiger partial charge in [0.25, 0.3) is 0 Å². The van der Waals surface area contributed by atoms with E-state index in [1.165, 1.54) is 0 Å². The molecule has 0 atom stereocenters. The highest BCUT2D eigenvalue weighted by Crippen LogP contribution is 2.32. The Morgan fingerprint density at radius 1 is 1.10 bits per heavy atom. The van der Waals surface area contributed by atoms with Crippen molar-refractivity contribution in [1.82, 2.24) is 0 Å². The molecule has 0 fully saturated rings. The summed E-state index contributed by atoms with van der Waals surface area (Å²) < 4.78 is 5.24. The van der Waals surface area contributed by atoms with Crippen molar-refractivity contribution in [2.45, 2.75) is 12.8 Å². The maximum atomic E-state index is 12.2. The molecule has 0 aliphatic heterocycles. The number of carbonyl (C=O) groups is 1. The van der Waals surface area contributed by atoms with E-state index in [0.717, 1.165) is 34.4 Å². The highest BCUT2D eigenvalue weighted by atomic mass is 16.5. The topological polar surface area (TPSA) is 46.5 Å². The van der Waals surface area contributed by atoms with Gasteiger partial charge in [0.2, 0.25) is 0 Å². The molecule has 1 aliphatic rings. The molecule has 0 saturated heterocycles. The molecule has 2 aromatic rings. The number of benzene rings is 2. The zero-order valence-corrected chi connectivity index (χ0v) is 11.8. The lowest BCUT2D eigenvalue weighted by molar-refractivity contribution is -0.113. The second-order valence-corrected chi connectivity index (χ2v) is 5.10. The molecule has 0 spiro atoms. The van der Waals surface area contributed by atoms with Crippen molar-refractivity contribution in [3.63, 3.8) is 0 Å². The molecule has 21 heavy (non-hydrogen) atoms. The van der Waals surface area contributed by atoms with Crippen molar-refractivity contribution in [3.8, 4) is 11.5 Å². The molecule has 3 heteroatoms. The van der Waals surface area contributed by atoms with E-state index in [1.54, 1.807) is 31.4 Å². The molecule has 0 bridgehead atoms. The minimum atomic E-state index is 0.153. The van der Waals surface area contributed by atoms with Crippen LogP contribution < -0.4 is 4.74 Å². The highest BCUT2D eigenvalue weighted by Gasteiger charge is 2.21. The van der Waals surface area contributed by atoms with Crippen molar-refractivity contribution in [2.24, 2.45) is 0 Å². The van der Waals surface area contributed by atoms with E-state index in [1.807, 2.05) is 24.3 Å². The summed E-state index contributed by atoms with van der Waals surface area (Å²) in [6.45, 7) is 0. The number of Topliss-reactive ketones (excluding diaryl/α,β-unsaturated/α-hetero) is 1. The normalized spacial score (nSPS) is 15.9. The first kappa shape index (κ1) is 13.4. The fourth-order valence-electron chi connectivity index (χ4n) is 2.60. The van der Waals surface area contributed by atoms with Crippen LogP contribution in [-0.4, -0.2) is 18.0 Å². The third kappa shape index (κ3) is 2.68. The Morgan fingerprint density at radius 2 is 1.86 bits per heavy atom. The van der Waals surface area contributed by atoms with Gasteiger partial charge in [0.1, 0.15) is 11.5 Å². The summed E-state index contributed by atoms with van der Waals surface area (Å²) in [5.74, 6) is 1.19. The van der Waals surface area contributed by atoms with Crippen molar-refractivity contribution in [1.29, 1.82) is 0 Å². The zero-order valence-electron chi connectivity index (χ0n) is 11.8. The minimum absolute atomic E-state index is 0.153. The summed E-state index contributed by atoms with van der Waals surface area (Å²) in [6.07, 6.45) is 3.15. The largest absolute Gasteiger partial charge is 0.508 e. The van der Waals surface area contributed by atoms with Crippen LogP contribution in [0.5, 0.6) is 11.5 Å². The second-order valence-electron chi connectivity index (χ2n) is 5.10. The van der Waals surface area contributed by atoms with Crippen LogP contribution >= 0.6 is 0 Å². The lowest BCUT2D eigenvalue weighted by atomic mass is 9.85. The number of phenols is 1. The maximum absolute atomic E-state index is 12.2. The number of ether oxygens (including phenoxy) is 1. The van der Waals surface area contributed by atoms with E-state index >= 15 is 0 Å². The number of aryl methyl sites for hydroxylation is 1. The molecule has 106 valence electrons. The average Bonchev–Trinajstić information content (AvgIpc) is 2.51. The third-order valence-electron chi connectivity index (χ3n) is 3.73. The molecular formula is C18H16O3. The van der Waals surface area contributed by atoms with Gasteiger partial charge in [-0.3, -0.25) is 4.79 Å². The Labute approximate surface area is 123 Å².